The van der Waals surface area contributed by atoms with E-state index in [1.54, 1.807) is 0 Å². The summed E-state index contributed by atoms with van der Waals surface area (Å²) in [5, 5.41) is 16.9. The van der Waals surface area contributed by atoms with E-state index in [0.717, 1.165) is 88.1 Å². The lowest BCUT2D eigenvalue weighted by Gasteiger charge is -2.19. The summed E-state index contributed by atoms with van der Waals surface area (Å²) >= 11 is 0. The van der Waals surface area contributed by atoms with Crippen molar-refractivity contribution in [2.75, 3.05) is 0 Å². The molecule has 0 fully saturated rings. The van der Waals surface area contributed by atoms with Crippen molar-refractivity contribution in [3.05, 3.63) is 163 Å². The second kappa shape index (κ2) is 10.2. The van der Waals surface area contributed by atoms with E-state index in [1.165, 1.54) is 0 Å². The normalized spacial score (nSPS) is 11.6. The van der Waals surface area contributed by atoms with Crippen LogP contribution in [0.5, 0.6) is 0 Å². The molecule has 0 spiro atoms. The maximum absolute atomic E-state index is 10.2. The summed E-state index contributed by atoms with van der Waals surface area (Å²) in [7, 11) is 0. The Bertz CT molecular complexity index is 3030. The first-order valence-corrected chi connectivity index (χ1v) is 16.1. The Morgan fingerprint density at radius 2 is 1.04 bits per heavy atom. The minimum absolute atomic E-state index is 0.527. The van der Waals surface area contributed by atoms with Crippen molar-refractivity contribution >= 4 is 71.2 Å². The molecular formula is C44H24N4O. The van der Waals surface area contributed by atoms with Crippen LogP contribution in [0.3, 0.4) is 0 Å². The van der Waals surface area contributed by atoms with Gasteiger partial charge in [-0.3, -0.25) is 0 Å². The molecule has 0 saturated heterocycles. The zero-order valence-electron chi connectivity index (χ0n) is 26.1. The van der Waals surface area contributed by atoms with E-state index in [0.29, 0.717) is 11.3 Å². The van der Waals surface area contributed by atoms with Crippen molar-refractivity contribution in [2.24, 2.45) is 0 Å². The molecule has 0 N–H and O–H groups in total. The van der Waals surface area contributed by atoms with Crippen LogP contribution in [-0.2, 0) is 0 Å². The third kappa shape index (κ3) is 3.85. The molecule has 226 valence electrons. The smallest absolute Gasteiger partial charge is 0.188 e. The van der Waals surface area contributed by atoms with Crippen LogP contribution < -0.4 is 0 Å². The van der Waals surface area contributed by atoms with E-state index in [4.69, 9.17) is 11.0 Å². The summed E-state index contributed by atoms with van der Waals surface area (Å²) in [5.74, 6) is 0. The quantitative estimate of drug-likeness (QED) is 0.184. The van der Waals surface area contributed by atoms with Crippen LogP contribution in [0.4, 0.5) is 5.69 Å². The van der Waals surface area contributed by atoms with Crippen LogP contribution in [0.1, 0.15) is 5.56 Å². The number of furan rings is 1. The van der Waals surface area contributed by atoms with Gasteiger partial charge in [0.05, 0.1) is 51.6 Å². The number of rotatable bonds is 3. The fourth-order valence-corrected chi connectivity index (χ4v) is 7.65. The van der Waals surface area contributed by atoms with Crippen LogP contribution in [0.2, 0.25) is 0 Å². The Balaban J connectivity index is 1.34. The van der Waals surface area contributed by atoms with Crippen LogP contribution in [0.15, 0.2) is 150 Å². The SMILES string of the molecule is [C-]#[N+]c1ccc(-n2c3ccccc3c3ccccc32)c(-c2cc(C#N)ccc2-n2c3ccccc3c3cc4c(cc32)oc2ccccc24)c1. The highest BCUT2D eigenvalue weighted by atomic mass is 16.3. The fourth-order valence-electron chi connectivity index (χ4n) is 7.65. The van der Waals surface area contributed by atoms with E-state index in [1.807, 2.05) is 54.6 Å². The first-order valence-electron chi connectivity index (χ1n) is 16.1. The van der Waals surface area contributed by atoms with Crippen LogP contribution in [-0.4, -0.2) is 9.13 Å². The summed E-state index contributed by atoms with van der Waals surface area (Å²) < 4.78 is 10.9. The predicted molar refractivity (Wildman–Crippen MR) is 199 cm³/mol. The molecule has 10 rings (SSSR count). The predicted octanol–water partition coefficient (Wildman–Crippen LogP) is 11.9. The van der Waals surface area contributed by atoms with Gasteiger partial charge in [-0.15, -0.1) is 0 Å². The Morgan fingerprint density at radius 1 is 0.490 bits per heavy atom. The molecule has 0 radical (unpaired) electrons. The lowest BCUT2D eigenvalue weighted by Crippen LogP contribution is -2.02. The Morgan fingerprint density at radius 3 is 1.69 bits per heavy atom. The molecule has 3 heterocycles. The number of fused-ring (bicyclic) bond motifs is 9. The van der Waals surface area contributed by atoms with Crippen molar-refractivity contribution in [1.82, 2.24) is 9.13 Å². The third-order valence-corrected chi connectivity index (χ3v) is 9.76. The van der Waals surface area contributed by atoms with Crippen molar-refractivity contribution in [2.45, 2.75) is 0 Å². The molecule has 0 aliphatic carbocycles. The summed E-state index contributed by atoms with van der Waals surface area (Å²) in [4.78, 5) is 3.85. The molecular weight excluding hydrogens is 601 g/mol. The van der Waals surface area contributed by atoms with E-state index in [-0.39, 0.29) is 0 Å². The van der Waals surface area contributed by atoms with Crippen molar-refractivity contribution in [1.29, 1.82) is 5.26 Å². The van der Waals surface area contributed by atoms with Gasteiger partial charge in [0.1, 0.15) is 11.2 Å². The van der Waals surface area contributed by atoms with Gasteiger partial charge >= 0.3 is 0 Å². The molecule has 0 atom stereocenters. The third-order valence-electron chi connectivity index (χ3n) is 9.76. The first kappa shape index (κ1) is 27.1. The molecule has 3 aromatic heterocycles. The number of para-hydroxylation sites is 4. The molecule has 5 heteroatoms. The van der Waals surface area contributed by atoms with Gasteiger partial charge in [0.25, 0.3) is 0 Å². The van der Waals surface area contributed by atoms with Gasteiger partial charge < -0.3 is 13.6 Å². The van der Waals surface area contributed by atoms with Crippen LogP contribution in [0.25, 0.3) is 92.9 Å². The van der Waals surface area contributed by atoms with Gasteiger partial charge in [0.15, 0.2) is 5.69 Å². The fraction of sp³-hybridized carbons (Fsp3) is 0. The molecule has 0 aliphatic heterocycles. The second-order valence-corrected chi connectivity index (χ2v) is 12.3. The Labute approximate surface area is 280 Å². The van der Waals surface area contributed by atoms with E-state index in [2.05, 4.69) is 111 Å². The maximum Gasteiger partial charge on any atom is 0.188 e. The number of nitrogens with zero attached hydrogens (tertiary/aromatic N) is 4. The molecule has 0 amide bonds. The van der Waals surface area contributed by atoms with Gasteiger partial charge in [-0.1, -0.05) is 78.9 Å². The first-order chi connectivity index (χ1) is 24.2. The molecule has 10 aromatic rings. The van der Waals surface area contributed by atoms with Crippen molar-refractivity contribution in [3.8, 4) is 28.6 Å². The molecule has 5 nitrogen and oxygen atoms in total. The largest absolute Gasteiger partial charge is 0.456 e. The number of hydrogen-bond donors (Lipinski definition) is 0. The average Bonchev–Trinajstić information content (AvgIpc) is 3.80. The number of benzene rings is 7. The zero-order valence-corrected chi connectivity index (χ0v) is 26.1. The lowest BCUT2D eigenvalue weighted by atomic mass is 9.98. The molecule has 0 unspecified atom stereocenters. The summed E-state index contributed by atoms with van der Waals surface area (Å²) in [6, 6.07) is 51.9. The molecule has 0 saturated carbocycles. The summed E-state index contributed by atoms with van der Waals surface area (Å²) in [5.41, 5.74) is 10.5. The number of aromatic nitrogens is 2. The van der Waals surface area contributed by atoms with Gasteiger partial charge in [-0.2, -0.15) is 5.26 Å². The van der Waals surface area contributed by atoms with Crippen LogP contribution >= 0.6 is 0 Å². The van der Waals surface area contributed by atoms with Gasteiger partial charge in [0.2, 0.25) is 0 Å². The number of nitriles is 1. The average molecular weight is 625 g/mol. The highest BCUT2D eigenvalue weighted by Crippen LogP contribution is 2.43. The second-order valence-electron chi connectivity index (χ2n) is 12.3. The number of hydrogen-bond acceptors (Lipinski definition) is 2. The monoisotopic (exact) mass is 624 g/mol. The summed E-state index contributed by atoms with van der Waals surface area (Å²) in [6.45, 7) is 7.97. The van der Waals surface area contributed by atoms with Gasteiger partial charge in [-0.05, 0) is 66.2 Å². The molecule has 7 aromatic carbocycles. The van der Waals surface area contributed by atoms with E-state index in [9.17, 15) is 5.26 Å². The summed E-state index contributed by atoms with van der Waals surface area (Å²) in [6.07, 6.45) is 0. The van der Waals surface area contributed by atoms with Crippen molar-refractivity contribution in [3.63, 3.8) is 0 Å². The minimum Gasteiger partial charge on any atom is -0.456 e. The van der Waals surface area contributed by atoms with Gasteiger partial charge in [-0.25, -0.2) is 4.85 Å². The molecule has 49 heavy (non-hydrogen) atoms. The maximum atomic E-state index is 10.2. The lowest BCUT2D eigenvalue weighted by molar-refractivity contribution is 0.669. The van der Waals surface area contributed by atoms with E-state index < -0.39 is 0 Å². The minimum atomic E-state index is 0.527. The topological polar surface area (TPSA) is 51.1 Å². The Hall–Kier alpha value is -7.08. The molecule has 0 bridgehead atoms. The van der Waals surface area contributed by atoms with Gasteiger partial charge in [0, 0.05) is 43.9 Å². The Kier molecular flexibility index (Phi) is 5.64. The standard InChI is InChI=1S/C44H24N4O/c1-46-28-19-21-41(47-37-14-6-2-10-29(37)30-11-3-7-15-38(30)47)34(23-28)33-22-27(26-45)18-20-40(33)48-39-16-8-4-12-31(39)35-24-36-32-13-5-9-17-43(32)49-44(36)25-42(35)48/h2-25H. The zero-order chi connectivity index (χ0) is 32.6. The van der Waals surface area contributed by atoms with Crippen molar-refractivity contribution < 1.29 is 4.42 Å². The molecule has 0 aliphatic rings. The highest BCUT2D eigenvalue weighted by Gasteiger charge is 2.22. The van der Waals surface area contributed by atoms with E-state index >= 15 is 0 Å². The van der Waals surface area contributed by atoms with Crippen LogP contribution in [0, 0.1) is 17.9 Å². The highest BCUT2D eigenvalue weighted by molar-refractivity contribution is 6.18.